The number of ether oxygens (including phenoxy) is 1. The number of rotatable bonds is 2. The zero-order valence-electron chi connectivity index (χ0n) is 9.42. The highest BCUT2D eigenvalue weighted by atomic mass is 19.3. The number of carboxylic acids is 1. The van der Waals surface area contributed by atoms with E-state index in [0.717, 1.165) is 0 Å². The highest BCUT2D eigenvalue weighted by Crippen LogP contribution is 2.52. The molecule has 17 heavy (non-hydrogen) atoms. The van der Waals surface area contributed by atoms with Gasteiger partial charge in [-0.15, -0.1) is 0 Å². The molecule has 1 heterocycles. The quantitative estimate of drug-likeness (QED) is 0.777. The summed E-state index contributed by atoms with van der Waals surface area (Å²) in [5, 5.41) is 19.7. The number of aliphatic carboxylic acids is 1. The van der Waals surface area contributed by atoms with Crippen LogP contribution in [0.2, 0.25) is 0 Å². The van der Waals surface area contributed by atoms with Crippen LogP contribution in [0.25, 0.3) is 0 Å². The second-order valence-electron chi connectivity index (χ2n) is 5.08. The molecule has 0 radical (unpaired) electrons. The smallest absolute Gasteiger partial charge is 0.312 e. The Morgan fingerprint density at radius 3 is 2.12 bits per heavy atom. The van der Waals surface area contributed by atoms with Crippen molar-refractivity contribution in [1.82, 2.24) is 0 Å². The average Bonchev–Trinajstić information content (AvgIpc) is 2.66. The summed E-state index contributed by atoms with van der Waals surface area (Å²) in [7, 11) is 0. The molecule has 1 atom stereocenters. The number of halogens is 2. The van der Waals surface area contributed by atoms with Crippen LogP contribution in [0.5, 0.6) is 0 Å². The van der Waals surface area contributed by atoms with Crippen LogP contribution >= 0.6 is 0 Å². The fraction of sp³-hybridized carbons (Fsp3) is 0.909. The normalized spacial score (nSPS) is 35.7. The SMILES string of the molecule is O=C(O)C1(C2(O)CCOC2)CCC(F)(F)CC1. The standard InChI is InChI=1S/C11H16F2O4/c12-11(13)3-1-9(2-4-11,8(14)15)10(16)5-6-17-7-10/h16H,1-7H2,(H,14,15). The fourth-order valence-corrected chi connectivity index (χ4v) is 2.85. The minimum Gasteiger partial charge on any atom is -0.481 e. The molecule has 2 aliphatic rings. The lowest BCUT2D eigenvalue weighted by Crippen LogP contribution is -2.56. The predicted molar refractivity (Wildman–Crippen MR) is 53.9 cm³/mol. The monoisotopic (exact) mass is 250 g/mol. The first kappa shape index (κ1) is 12.7. The average molecular weight is 250 g/mol. The highest BCUT2D eigenvalue weighted by molar-refractivity contribution is 5.76. The van der Waals surface area contributed by atoms with Gasteiger partial charge < -0.3 is 14.9 Å². The van der Waals surface area contributed by atoms with Crippen LogP contribution in [0, 0.1) is 5.41 Å². The van der Waals surface area contributed by atoms with Crippen molar-refractivity contribution in [1.29, 1.82) is 0 Å². The van der Waals surface area contributed by atoms with Gasteiger partial charge in [0.15, 0.2) is 0 Å². The van der Waals surface area contributed by atoms with Crippen LogP contribution in [-0.4, -0.2) is 40.9 Å². The van der Waals surface area contributed by atoms with Gasteiger partial charge in [0.25, 0.3) is 0 Å². The summed E-state index contributed by atoms with van der Waals surface area (Å²) >= 11 is 0. The molecule has 0 aromatic heterocycles. The number of carbonyl (C=O) groups is 1. The molecule has 1 aliphatic carbocycles. The zero-order valence-corrected chi connectivity index (χ0v) is 9.42. The van der Waals surface area contributed by atoms with Crippen LogP contribution < -0.4 is 0 Å². The summed E-state index contributed by atoms with van der Waals surface area (Å²) in [6.45, 7) is 0.201. The Labute approximate surface area is 97.6 Å². The van der Waals surface area contributed by atoms with E-state index in [0.29, 0.717) is 0 Å². The largest absolute Gasteiger partial charge is 0.481 e. The molecule has 0 aromatic carbocycles. The number of aliphatic hydroxyl groups is 1. The zero-order chi connectivity index (χ0) is 12.7. The van der Waals surface area contributed by atoms with Crippen molar-refractivity contribution in [3.8, 4) is 0 Å². The molecule has 1 saturated carbocycles. The van der Waals surface area contributed by atoms with Crippen LogP contribution in [0.1, 0.15) is 32.1 Å². The number of alkyl halides is 2. The van der Waals surface area contributed by atoms with Gasteiger partial charge in [-0.25, -0.2) is 8.78 Å². The summed E-state index contributed by atoms with van der Waals surface area (Å²) in [6.07, 6.45) is -1.17. The van der Waals surface area contributed by atoms with E-state index < -0.39 is 35.7 Å². The van der Waals surface area contributed by atoms with Crippen molar-refractivity contribution < 1.29 is 28.5 Å². The van der Waals surface area contributed by atoms with Gasteiger partial charge in [-0.3, -0.25) is 4.79 Å². The molecule has 6 heteroatoms. The highest BCUT2D eigenvalue weighted by Gasteiger charge is 2.60. The summed E-state index contributed by atoms with van der Waals surface area (Å²) in [4.78, 5) is 11.4. The van der Waals surface area contributed by atoms with E-state index in [1.54, 1.807) is 0 Å². The summed E-state index contributed by atoms with van der Waals surface area (Å²) in [5.74, 6) is -4.00. The third-order valence-electron chi connectivity index (χ3n) is 4.14. The van der Waals surface area contributed by atoms with Crippen LogP contribution in [-0.2, 0) is 9.53 Å². The Morgan fingerprint density at radius 2 is 1.71 bits per heavy atom. The Kier molecular flexibility index (Phi) is 2.90. The first-order valence-electron chi connectivity index (χ1n) is 5.73. The van der Waals surface area contributed by atoms with E-state index >= 15 is 0 Å². The molecular formula is C11H16F2O4. The van der Waals surface area contributed by atoms with Crippen LogP contribution in [0.15, 0.2) is 0 Å². The predicted octanol–water partition coefficient (Wildman–Crippen LogP) is 1.42. The van der Waals surface area contributed by atoms with Gasteiger partial charge in [-0.05, 0) is 12.8 Å². The lowest BCUT2D eigenvalue weighted by molar-refractivity contribution is -0.186. The molecule has 2 rings (SSSR count). The van der Waals surface area contributed by atoms with Crippen molar-refractivity contribution in [2.75, 3.05) is 13.2 Å². The summed E-state index contributed by atoms with van der Waals surface area (Å²) in [6, 6.07) is 0. The van der Waals surface area contributed by atoms with E-state index in [1.807, 2.05) is 0 Å². The molecule has 2 N–H and O–H groups in total. The fourth-order valence-electron chi connectivity index (χ4n) is 2.85. The van der Waals surface area contributed by atoms with E-state index in [9.17, 15) is 23.8 Å². The van der Waals surface area contributed by atoms with Crippen molar-refractivity contribution >= 4 is 5.97 Å². The lowest BCUT2D eigenvalue weighted by atomic mass is 9.62. The van der Waals surface area contributed by atoms with E-state index in [1.165, 1.54) is 0 Å². The molecule has 0 bridgehead atoms. The van der Waals surface area contributed by atoms with E-state index in [4.69, 9.17) is 4.74 Å². The maximum atomic E-state index is 13.1. The van der Waals surface area contributed by atoms with Gasteiger partial charge >= 0.3 is 5.97 Å². The van der Waals surface area contributed by atoms with Gasteiger partial charge in [-0.2, -0.15) is 0 Å². The van der Waals surface area contributed by atoms with Gasteiger partial charge in [0, 0.05) is 25.9 Å². The number of hydrogen-bond donors (Lipinski definition) is 2. The number of carboxylic acid groups (broad SMARTS) is 1. The van der Waals surface area contributed by atoms with Crippen LogP contribution in [0.3, 0.4) is 0 Å². The number of hydrogen-bond acceptors (Lipinski definition) is 3. The first-order chi connectivity index (χ1) is 7.81. The molecule has 0 amide bonds. The van der Waals surface area contributed by atoms with Gasteiger partial charge in [0.05, 0.1) is 12.0 Å². The molecule has 1 aliphatic heterocycles. The lowest BCUT2D eigenvalue weighted by Gasteiger charge is -2.45. The van der Waals surface area contributed by atoms with Crippen molar-refractivity contribution in [3.05, 3.63) is 0 Å². The first-order valence-corrected chi connectivity index (χ1v) is 5.73. The Morgan fingerprint density at radius 1 is 1.12 bits per heavy atom. The molecule has 2 fully saturated rings. The molecule has 0 spiro atoms. The Bertz CT molecular complexity index is 313. The minimum absolute atomic E-state index is 0.0785. The van der Waals surface area contributed by atoms with Crippen molar-refractivity contribution in [2.45, 2.75) is 43.6 Å². The molecule has 1 saturated heterocycles. The third kappa shape index (κ3) is 1.93. The molecular weight excluding hydrogens is 234 g/mol. The van der Waals surface area contributed by atoms with Crippen molar-refractivity contribution in [2.24, 2.45) is 5.41 Å². The van der Waals surface area contributed by atoms with Gasteiger partial charge in [0.1, 0.15) is 5.60 Å². The van der Waals surface area contributed by atoms with Crippen LogP contribution in [0.4, 0.5) is 8.78 Å². The second kappa shape index (κ2) is 3.88. The summed E-state index contributed by atoms with van der Waals surface area (Å²) < 4.78 is 31.3. The van der Waals surface area contributed by atoms with E-state index in [2.05, 4.69) is 0 Å². The molecule has 1 unspecified atom stereocenters. The third-order valence-corrected chi connectivity index (χ3v) is 4.14. The Hall–Kier alpha value is -0.750. The minimum atomic E-state index is -2.81. The Balaban J connectivity index is 2.26. The molecule has 4 nitrogen and oxygen atoms in total. The maximum absolute atomic E-state index is 13.1. The van der Waals surface area contributed by atoms with Gasteiger partial charge in [0.2, 0.25) is 5.92 Å². The summed E-state index contributed by atoms with van der Waals surface area (Å²) in [5.41, 5.74) is -2.99. The topological polar surface area (TPSA) is 66.8 Å². The maximum Gasteiger partial charge on any atom is 0.312 e. The van der Waals surface area contributed by atoms with Gasteiger partial charge in [-0.1, -0.05) is 0 Å². The van der Waals surface area contributed by atoms with Crippen molar-refractivity contribution in [3.63, 3.8) is 0 Å². The van der Waals surface area contributed by atoms with E-state index in [-0.39, 0.29) is 32.5 Å². The molecule has 0 aromatic rings. The molecule has 98 valence electrons. The second-order valence-corrected chi connectivity index (χ2v) is 5.08.